The third-order valence-corrected chi connectivity index (χ3v) is 6.54. The van der Waals surface area contributed by atoms with Gasteiger partial charge in [0.25, 0.3) is 10.8 Å². The van der Waals surface area contributed by atoms with Crippen LogP contribution in [-0.2, 0) is 16.2 Å². The average molecular weight is 646 g/mol. The van der Waals surface area contributed by atoms with Gasteiger partial charge in [0.15, 0.2) is 11.7 Å². The van der Waals surface area contributed by atoms with Gasteiger partial charge in [0.05, 0.1) is 11.5 Å². The van der Waals surface area contributed by atoms with E-state index in [2.05, 4.69) is 10.1 Å². The lowest BCUT2D eigenvalue weighted by molar-refractivity contribution is -0.765. The van der Waals surface area contributed by atoms with Crippen molar-refractivity contribution < 1.29 is 46.7 Å². The number of carbonyl (C=O) groups is 2. The number of hydrogen-bond donors (Lipinski definition) is 1. The van der Waals surface area contributed by atoms with Crippen LogP contribution in [0.3, 0.4) is 0 Å². The number of ether oxygens (including phenoxy) is 3. The molecule has 0 radical (unpaired) electrons. The van der Waals surface area contributed by atoms with Crippen LogP contribution >= 0.6 is 0 Å². The van der Waals surface area contributed by atoms with Crippen LogP contribution in [-0.4, -0.2) is 66.1 Å². The molecule has 1 aliphatic rings. The zero-order chi connectivity index (χ0) is 33.5. The summed E-state index contributed by atoms with van der Waals surface area (Å²) in [7, 11) is 0. The molecule has 4 rings (SSSR count). The van der Waals surface area contributed by atoms with Crippen LogP contribution in [0.4, 0.5) is 29.3 Å². The van der Waals surface area contributed by atoms with Gasteiger partial charge < -0.3 is 24.4 Å². The van der Waals surface area contributed by atoms with E-state index in [0.29, 0.717) is 37.5 Å². The molecule has 0 saturated carbocycles. The zero-order valence-electron chi connectivity index (χ0n) is 25.9. The summed E-state index contributed by atoms with van der Waals surface area (Å²) in [6.45, 7) is 8.40. The minimum atomic E-state index is -4.88. The molecule has 3 aromatic carbocycles. The normalized spacial score (nSPS) is 14.2. The lowest BCUT2D eigenvalue weighted by Gasteiger charge is -2.28. The molecule has 1 N–H and O–H groups in total. The van der Waals surface area contributed by atoms with E-state index in [9.17, 15) is 27.7 Å². The molecule has 0 aliphatic carbocycles. The van der Waals surface area contributed by atoms with Gasteiger partial charge >= 0.3 is 18.1 Å². The topological polar surface area (TPSA) is 110 Å². The number of rotatable bonds is 10. The van der Waals surface area contributed by atoms with Crippen LogP contribution in [0.2, 0.25) is 0 Å². The SMILES string of the molecule is CC(Oc1ccccc1)C(=O)N(Cc1ccc(OC(F)(F)F)cc1)c1cc(OC(=O)N2CCNCC2)ccc1[N+](=O)OC(C)(C)C. The molecular formula is C32H36F3N4O7+. The van der Waals surface area contributed by atoms with Crippen LogP contribution in [0.5, 0.6) is 17.2 Å². The average Bonchev–Trinajstić information content (AvgIpc) is 2.99. The van der Waals surface area contributed by atoms with E-state index < -0.39 is 35.8 Å². The van der Waals surface area contributed by atoms with Crippen LogP contribution in [0.1, 0.15) is 33.3 Å². The predicted molar refractivity (Wildman–Crippen MR) is 162 cm³/mol. The van der Waals surface area contributed by atoms with Crippen molar-refractivity contribution in [2.24, 2.45) is 0 Å². The Morgan fingerprint density at radius 2 is 1.57 bits per heavy atom. The van der Waals surface area contributed by atoms with Gasteiger partial charge in [0.2, 0.25) is 0 Å². The summed E-state index contributed by atoms with van der Waals surface area (Å²) >= 11 is 0. The Hall–Kier alpha value is -4.85. The summed E-state index contributed by atoms with van der Waals surface area (Å²) in [5.41, 5.74) is -0.597. The molecule has 0 spiro atoms. The maximum Gasteiger partial charge on any atom is 0.573 e. The Balaban J connectivity index is 1.75. The third kappa shape index (κ3) is 9.83. The van der Waals surface area contributed by atoms with E-state index in [1.165, 1.54) is 47.1 Å². The molecule has 46 heavy (non-hydrogen) atoms. The minimum absolute atomic E-state index is 0.00832. The van der Waals surface area contributed by atoms with E-state index in [0.717, 1.165) is 12.1 Å². The Morgan fingerprint density at radius 3 is 2.17 bits per heavy atom. The van der Waals surface area contributed by atoms with E-state index in [1.54, 1.807) is 51.1 Å². The standard InChI is InChI=1S/C32H36F3N4O7/c1-22(43-24-8-6-5-7-9-24)29(40)38(21-23-10-12-25(13-11-23)45-32(33,34)35)28-20-26(44-30(41)37-18-16-36-17-19-37)14-15-27(28)39(42)46-31(2,3)4/h5-15,20,22,36H,16-19,21H2,1-4H3/q+1. The molecule has 2 amide bonds. The van der Waals surface area contributed by atoms with Crippen molar-refractivity contribution in [1.82, 2.24) is 10.2 Å². The van der Waals surface area contributed by atoms with E-state index in [1.807, 2.05) is 0 Å². The number of anilines is 1. The highest BCUT2D eigenvalue weighted by molar-refractivity contribution is 5.98. The molecule has 1 saturated heterocycles. The summed E-state index contributed by atoms with van der Waals surface area (Å²) in [5, 5.41) is 3.15. The van der Waals surface area contributed by atoms with Crippen LogP contribution in [0.15, 0.2) is 72.8 Å². The van der Waals surface area contributed by atoms with Crippen molar-refractivity contribution >= 4 is 23.4 Å². The molecule has 11 nitrogen and oxygen atoms in total. The number of halogens is 3. The van der Waals surface area contributed by atoms with Crippen molar-refractivity contribution in [3.8, 4) is 17.2 Å². The quantitative estimate of drug-likeness (QED) is 0.263. The Bertz CT molecular complexity index is 1510. The summed E-state index contributed by atoms with van der Waals surface area (Å²) in [6, 6.07) is 17.7. The van der Waals surface area contributed by atoms with E-state index in [4.69, 9.17) is 14.3 Å². The number of nitrogens with one attached hydrogen (secondary N) is 1. The molecule has 0 bridgehead atoms. The molecular weight excluding hydrogens is 609 g/mol. The van der Waals surface area contributed by atoms with E-state index in [-0.39, 0.29) is 28.6 Å². The highest BCUT2D eigenvalue weighted by atomic mass is 19.4. The number of para-hydroxylation sites is 1. The smallest absolute Gasteiger partial charge is 0.481 e. The number of alkyl halides is 3. The molecule has 1 heterocycles. The number of carbonyl (C=O) groups excluding carboxylic acids is 2. The van der Waals surface area contributed by atoms with Gasteiger partial charge in [-0.15, -0.1) is 13.2 Å². The minimum Gasteiger partial charge on any atom is -0.481 e. The number of amides is 2. The van der Waals surface area contributed by atoms with Crippen molar-refractivity contribution in [2.45, 2.75) is 52.3 Å². The first kappa shape index (κ1) is 34.0. The number of piperazine rings is 1. The monoisotopic (exact) mass is 645 g/mol. The van der Waals surface area contributed by atoms with Crippen molar-refractivity contribution in [3.05, 3.63) is 83.3 Å². The second kappa shape index (κ2) is 14.5. The largest absolute Gasteiger partial charge is 0.573 e. The highest BCUT2D eigenvalue weighted by Crippen LogP contribution is 2.36. The fourth-order valence-corrected chi connectivity index (χ4v) is 4.48. The Labute approximate surface area is 264 Å². The first-order valence-electron chi connectivity index (χ1n) is 14.5. The van der Waals surface area contributed by atoms with Crippen LogP contribution in [0, 0.1) is 4.91 Å². The fourth-order valence-electron chi connectivity index (χ4n) is 4.48. The molecule has 246 valence electrons. The second-order valence-corrected chi connectivity index (χ2v) is 11.4. The maximum absolute atomic E-state index is 14.1. The van der Waals surface area contributed by atoms with Gasteiger partial charge in [-0.3, -0.25) is 9.69 Å². The van der Waals surface area contributed by atoms with Crippen molar-refractivity contribution in [2.75, 3.05) is 31.1 Å². The zero-order valence-corrected chi connectivity index (χ0v) is 25.9. The number of benzene rings is 3. The molecule has 1 aliphatic heterocycles. The fraction of sp³-hybridized carbons (Fsp3) is 0.375. The molecule has 3 aromatic rings. The third-order valence-electron chi connectivity index (χ3n) is 6.54. The molecule has 14 heteroatoms. The molecule has 1 unspecified atom stereocenters. The maximum atomic E-state index is 14.1. The van der Waals surface area contributed by atoms with Gasteiger partial charge in [-0.2, -0.15) is 0 Å². The van der Waals surface area contributed by atoms with E-state index >= 15 is 0 Å². The van der Waals surface area contributed by atoms with Gasteiger partial charge in [-0.05, 0) is 63.6 Å². The predicted octanol–water partition coefficient (Wildman–Crippen LogP) is 6.13. The summed E-state index contributed by atoms with van der Waals surface area (Å²) in [5.74, 6) is -0.579. The van der Waals surface area contributed by atoms with Gasteiger partial charge in [0.1, 0.15) is 22.9 Å². The molecule has 0 aromatic heterocycles. The van der Waals surface area contributed by atoms with Gasteiger partial charge in [-0.1, -0.05) is 30.3 Å². The second-order valence-electron chi connectivity index (χ2n) is 11.4. The highest BCUT2D eigenvalue weighted by Gasteiger charge is 2.36. The van der Waals surface area contributed by atoms with Crippen LogP contribution in [0.25, 0.3) is 0 Å². The lowest BCUT2D eigenvalue weighted by atomic mass is 10.1. The first-order chi connectivity index (χ1) is 21.7. The summed E-state index contributed by atoms with van der Waals surface area (Å²) in [4.78, 5) is 48.9. The molecule has 1 fully saturated rings. The molecule has 1 atom stereocenters. The van der Waals surface area contributed by atoms with Gasteiger partial charge in [0, 0.05) is 38.3 Å². The Morgan fingerprint density at radius 1 is 0.935 bits per heavy atom. The number of nitrogens with zero attached hydrogens (tertiary/aromatic N) is 3. The summed E-state index contributed by atoms with van der Waals surface area (Å²) < 4.78 is 53.8. The van der Waals surface area contributed by atoms with Crippen molar-refractivity contribution in [3.63, 3.8) is 0 Å². The summed E-state index contributed by atoms with van der Waals surface area (Å²) in [6.07, 6.45) is -6.57. The van der Waals surface area contributed by atoms with Gasteiger partial charge in [-0.25, -0.2) is 9.63 Å². The first-order valence-corrected chi connectivity index (χ1v) is 14.5. The van der Waals surface area contributed by atoms with Crippen molar-refractivity contribution in [1.29, 1.82) is 0 Å². The Kier molecular flexibility index (Phi) is 10.7. The number of hydrogen-bond acceptors (Lipinski definition) is 8. The lowest BCUT2D eigenvalue weighted by Crippen LogP contribution is -2.47. The van der Waals surface area contributed by atoms with Crippen LogP contribution < -0.4 is 24.4 Å².